The van der Waals surface area contributed by atoms with Crippen molar-refractivity contribution in [1.82, 2.24) is 4.90 Å². The molecular formula is C15H18ClN3OS. The molecule has 0 spiro atoms. The first-order chi connectivity index (χ1) is 9.97. The smallest absolute Gasteiger partial charge is 0.238 e. The molecule has 0 radical (unpaired) electrons. The highest BCUT2D eigenvalue weighted by Gasteiger charge is 2.16. The fourth-order valence-corrected chi connectivity index (χ4v) is 2.98. The molecule has 21 heavy (non-hydrogen) atoms. The third kappa shape index (κ3) is 4.20. The Morgan fingerprint density at radius 3 is 2.86 bits per heavy atom. The van der Waals surface area contributed by atoms with Crippen LogP contribution in [0.1, 0.15) is 17.8 Å². The number of nitrogens with two attached hydrogens (primary N) is 1. The summed E-state index contributed by atoms with van der Waals surface area (Å²) < 4.78 is 0. The highest BCUT2D eigenvalue weighted by atomic mass is 35.5. The quantitative estimate of drug-likeness (QED) is 0.826. The van der Waals surface area contributed by atoms with Gasteiger partial charge in [-0.1, -0.05) is 17.7 Å². The zero-order chi connectivity index (χ0) is 15.4. The molecule has 0 aliphatic rings. The van der Waals surface area contributed by atoms with Gasteiger partial charge in [0.2, 0.25) is 5.91 Å². The number of halogens is 1. The Labute approximate surface area is 133 Å². The van der Waals surface area contributed by atoms with Crippen molar-refractivity contribution in [2.24, 2.45) is 0 Å². The number of rotatable bonds is 5. The predicted octanol–water partition coefficient (Wildman–Crippen LogP) is 3.62. The third-order valence-corrected chi connectivity index (χ3v) is 4.57. The van der Waals surface area contributed by atoms with Crippen LogP contribution in [-0.4, -0.2) is 24.4 Å². The number of carbonyl (C=O) groups excluding carboxylic acids is 1. The number of benzene rings is 1. The van der Waals surface area contributed by atoms with Gasteiger partial charge in [-0.15, -0.1) is 11.3 Å². The molecule has 0 saturated heterocycles. The average Bonchev–Trinajstić information content (AvgIpc) is 2.95. The van der Waals surface area contributed by atoms with Crippen LogP contribution in [-0.2, 0) is 4.79 Å². The van der Waals surface area contributed by atoms with Crippen LogP contribution in [0.15, 0.2) is 35.7 Å². The summed E-state index contributed by atoms with van der Waals surface area (Å²) in [5.41, 5.74) is 6.87. The van der Waals surface area contributed by atoms with Crippen molar-refractivity contribution in [2.75, 3.05) is 24.6 Å². The van der Waals surface area contributed by atoms with E-state index in [1.54, 1.807) is 29.5 Å². The molecule has 1 atom stereocenters. The highest BCUT2D eigenvalue weighted by Crippen LogP contribution is 2.24. The monoisotopic (exact) mass is 323 g/mol. The van der Waals surface area contributed by atoms with Gasteiger partial charge in [0.15, 0.2) is 0 Å². The lowest BCUT2D eigenvalue weighted by atomic mass is 10.2. The van der Waals surface area contributed by atoms with E-state index in [9.17, 15) is 4.79 Å². The van der Waals surface area contributed by atoms with Crippen LogP contribution in [0.3, 0.4) is 0 Å². The van der Waals surface area contributed by atoms with E-state index in [-0.39, 0.29) is 11.9 Å². The van der Waals surface area contributed by atoms with Gasteiger partial charge in [-0.2, -0.15) is 0 Å². The normalized spacial score (nSPS) is 12.4. The van der Waals surface area contributed by atoms with Gasteiger partial charge in [-0.05, 0) is 43.6 Å². The molecule has 6 heteroatoms. The Morgan fingerprint density at radius 1 is 1.48 bits per heavy atom. The van der Waals surface area contributed by atoms with Gasteiger partial charge in [-0.25, -0.2) is 0 Å². The molecule has 4 nitrogen and oxygen atoms in total. The summed E-state index contributed by atoms with van der Waals surface area (Å²) in [7, 11) is 1.93. The fraction of sp³-hybridized carbons (Fsp3) is 0.267. The second kappa shape index (κ2) is 6.93. The fourth-order valence-electron chi connectivity index (χ4n) is 1.95. The standard InChI is InChI=1S/C15H18ClN3OS/c1-10(14-4-3-7-21-14)19(2)9-15(20)18-13-6-5-11(16)8-12(13)17/h3-8,10H,9,17H2,1-2H3,(H,18,20). The maximum absolute atomic E-state index is 12.1. The number of thiophene rings is 1. The van der Waals surface area contributed by atoms with Crippen molar-refractivity contribution >= 4 is 40.2 Å². The summed E-state index contributed by atoms with van der Waals surface area (Å²) in [6, 6.07) is 9.30. The van der Waals surface area contributed by atoms with Crippen LogP contribution >= 0.6 is 22.9 Å². The van der Waals surface area contributed by atoms with Crippen LogP contribution in [0.25, 0.3) is 0 Å². The van der Waals surface area contributed by atoms with Crippen LogP contribution in [0.5, 0.6) is 0 Å². The number of anilines is 2. The van der Waals surface area contributed by atoms with Gasteiger partial charge in [0.25, 0.3) is 0 Å². The van der Waals surface area contributed by atoms with Crippen molar-refractivity contribution in [3.05, 3.63) is 45.6 Å². The highest BCUT2D eigenvalue weighted by molar-refractivity contribution is 7.10. The molecule has 1 unspecified atom stereocenters. The molecule has 0 fully saturated rings. The molecule has 1 aromatic carbocycles. The second-order valence-electron chi connectivity index (χ2n) is 4.89. The number of nitrogens with one attached hydrogen (secondary N) is 1. The summed E-state index contributed by atoms with van der Waals surface area (Å²) in [6.45, 7) is 2.37. The van der Waals surface area contributed by atoms with E-state index in [0.29, 0.717) is 22.9 Å². The van der Waals surface area contributed by atoms with Gasteiger partial charge >= 0.3 is 0 Å². The lowest BCUT2D eigenvalue weighted by molar-refractivity contribution is -0.117. The molecule has 0 bridgehead atoms. The number of nitrogen functional groups attached to an aromatic ring is 1. The van der Waals surface area contributed by atoms with E-state index >= 15 is 0 Å². The number of likely N-dealkylation sites (N-methyl/N-ethyl adjacent to an activating group) is 1. The van der Waals surface area contributed by atoms with Gasteiger partial charge in [0.1, 0.15) is 0 Å². The summed E-state index contributed by atoms with van der Waals surface area (Å²) in [4.78, 5) is 15.3. The minimum absolute atomic E-state index is 0.102. The summed E-state index contributed by atoms with van der Waals surface area (Å²) in [5, 5.41) is 5.39. The summed E-state index contributed by atoms with van der Waals surface area (Å²) >= 11 is 7.52. The molecule has 1 heterocycles. The molecule has 0 aliphatic heterocycles. The lowest BCUT2D eigenvalue weighted by Crippen LogP contribution is -2.32. The summed E-state index contributed by atoms with van der Waals surface area (Å²) in [5.74, 6) is -0.102. The molecule has 0 aliphatic carbocycles. The zero-order valence-electron chi connectivity index (χ0n) is 12.0. The Bertz CT molecular complexity index is 615. The topological polar surface area (TPSA) is 58.4 Å². The first-order valence-electron chi connectivity index (χ1n) is 6.56. The molecule has 112 valence electrons. The van der Waals surface area contributed by atoms with E-state index in [4.69, 9.17) is 17.3 Å². The van der Waals surface area contributed by atoms with Crippen LogP contribution < -0.4 is 11.1 Å². The number of nitrogens with zero attached hydrogens (tertiary/aromatic N) is 1. The maximum atomic E-state index is 12.1. The van der Waals surface area contributed by atoms with Crippen molar-refractivity contribution in [1.29, 1.82) is 0 Å². The van der Waals surface area contributed by atoms with Crippen molar-refractivity contribution in [2.45, 2.75) is 13.0 Å². The first-order valence-corrected chi connectivity index (χ1v) is 7.81. The molecule has 1 amide bonds. The zero-order valence-corrected chi connectivity index (χ0v) is 13.5. The molecule has 2 aromatic rings. The van der Waals surface area contributed by atoms with Gasteiger partial charge < -0.3 is 11.1 Å². The molecule has 1 aromatic heterocycles. The van der Waals surface area contributed by atoms with E-state index in [1.807, 2.05) is 23.4 Å². The SMILES string of the molecule is CC(c1cccs1)N(C)CC(=O)Nc1ccc(Cl)cc1N. The largest absolute Gasteiger partial charge is 0.397 e. The van der Waals surface area contributed by atoms with E-state index < -0.39 is 0 Å². The Kier molecular flexibility index (Phi) is 5.22. The number of amides is 1. The van der Waals surface area contributed by atoms with Crippen LogP contribution in [0.2, 0.25) is 5.02 Å². The van der Waals surface area contributed by atoms with Gasteiger partial charge in [0.05, 0.1) is 17.9 Å². The van der Waals surface area contributed by atoms with Crippen LogP contribution in [0, 0.1) is 0 Å². The van der Waals surface area contributed by atoms with Gasteiger partial charge in [0, 0.05) is 15.9 Å². The second-order valence-corrected chi connectivity index (χ2v) is 6.30. The number of hydrogen-bond donors (Lipinski definition) is 2. The lowest BCUT2D eigenvalue weighted by Gasteiger charge is -2.23. The molecule has 3 N–H and O–H groups in total. The van der Waals surface area contributed by atoms with E-state index in [0.717, 1.165) is 0 Å². The number of hydrogen-bond acceptors (Lipinski definition) is 4. The minimum Gasteiger partial charge on any atom is -0.397 e. The van der Waals surface area contributed by atoms with Crippen molar-refractivity contribution in [3.8, 4) is 0 Å². The molecule has 2 rings (SSSR count). The third-order valence-electron chi connectivity index (χ3n) is 3.30. The predicted molar refractivity (Wildman–Crippen MR) is 89.9 cm³/mol. The Morgan fingerprint density at radius 2 is 2.24 bits per heavy atom. The average molecular weight is 324 g/mol. The first kappa shape index (κ1) is 15.8. The Balaban J connectivity index is 1.95. The minimum atomic E-state index is -0.102. The van der Waals surface area contributed by atoms with E-state index in [2.05, 4.69) is 18.3 Å². The van der Waals surface area contributed by atoms with E-state index in [1.165, 1.54) is 4.88 Å². The molecule has 0 saturated carbocycles. The molecular weight excluding hydrogens is 306 g/mol. The van der Waals surface area contributed by atoms with Crippen molar-refractivity contribution in [3.63, 3.8) is 0 Å². The van der Waals surface area contributed by atoms with Crippen molar-refractivity contribution < 1.29 is 4.79 Å². The summed E-state index contributed by atoms with van der Waals surface area (Å²) in [6.07, 6.45) is 0. The maximum Gasteiger partial charge on any atom is 0.238 e. The van der Waals surface area contributed by atoms with Gasteiger partial charge in [-0.3, -0.25) is 9.69 Å². The van der Waals surface area contributed by atoms with Crippen LogP contribution in [0.4, 0.5) is 11.4 Å². The number of carbonyl (C=O) groups is 1. The Hall–Kier alpha value is -1.56.